The minimum atomic E-state index is -3.72. The molecule has 0 N–H and O–H groups in total. The molecule has 0 heterocycles. The van der Waals surface area contributed by atoms with Crippen molar-refractivity contribution in [3.05, 3.63) is 142 Å². The first kappa shape index (κ1) is 37.8. The van der Waals surface area contributed by atoms with Crippen LogP contribution < -0.4 is 0 Å². The Kier molecular flexibility index (Phi) is 10.2. The number of fused-ring (bicyclic) bond motifs is 3. The second kappa shape index (κ2) is 13.2. The van der Waals surface area contributed by atoms with Crippen molar-refractivity contribution in [2.75, 3.05) is 0 Å². The summed E-state index contributed by atoms with van der Waals surface area (Å²) in [7, 11) is 0. The number of rotatable bonds is 5. The average Bonchev–Trinajstić information content (AvgIpc) is 3.61. The van der Waals surface area contributed by atoms with Gasteiger partial charge in [0.25, 0.3) is 0 Å². The van der Waals surface area contributed by atoms with Crippen LogP contribution in [0.5, 0.6) is 0 Å². The van der Waals surface area contributed by atoms with Gasteiger partial charge in [-0.05, 0) is 0 Å². The number of halogens is 2. The van der Waals surface area contributed by atoms with E-state index in [2.05, 4.69) is 174 Å². The zero-order chi connectivity index (χ0) is 33.5. The zero-order valence-corrected chi connectivity index (χ0v) is 36.2. The minimum Gasteiger partial charge on any atom is -0.147 e. The molecular formula is C45H52Cl2SiZr. The fraction of sp³-hybridized carbons (Fsp3) is 0.289. The summed E-state index contributed by atoms with van der Waals surface area (Å²) >= 11 is -3.72. The maximum atomic E-state index is 2.78. The van der Waals surface area contributed by atoms with E-state index in [0.29, 0.717) is 13.2 Å². The van der Waals surface area contributed by atoms with Crippen LogP contribution in [-0.2, 0) is 22.8 Å². The van der Waals surface area contributed by atoms with Gasteiger partial charge in [0.2, 0.25) is 0 Å². The van der Waals surface area contributed by atoms with Gasteiger partial charge in [0, 0.05) is 0 Å². The molecule has 254 valence electrons. The topological polar surface area (TPSA) is 0 Å². The van der Waals surface area contributed by atoms with Crippen molar-refractivity contribution in [3.63, 3.8) is 0 Å². The molecule has 0 aromatic heterocycles. The van der Waals surface area contributed by atoms with E-state index in [9.17, 15) is 0 Å². The molecule has 5 aromatic carbocycles. The van der Waals surface area contributed by atoms with Crippen molar-refractivity contribution in [1.29, 1.82) is 0 Å². The molecule has 2 unspecified atom stereocenters. The predicted molar refractivity (Wildman–Crippen MR) is 221 cm³/mol. The number of allylic oxidation sites excluding steroid dienone is 2. The van der Waals surface area contributed by atoms with E-state index in [1.54, 1.807) is 22.3 Å². The van der Waals surface area contributed by atoms with Crippen LogP contribution in [0.1, 0.15) is 82.2 Å². The van der Waals surface area contributed by atoms with Crippen LogP contribution in [-0.4, -0.2) is 6.88 Å². The normalized spacial score (nSPS) is 17.2. The van der Waals surface area contributed by atoms with Crippen molar-refractivity contribution in [2.24, 2.45) is 5.92 Å². The monoisotopic (exact) mass is 780 g/mol. The van der Waals surface area contributed by atoms with Gasteiger partial charge in [-0.25, -0.2) is 0 Å². The van der Waals surface area contributed by atoms with E-state index >= 15 is 0 Å². The first-order chi connectivity index (χ1) is 22.1. The van der Waals surface area contributed by atoms with Gasteiger partial charge in [-0.15, -0.1) is 24.8 Å². The molecule has 5 aromatic rings. The van der Waals surface area contributed by atoms with Gasteiger partial charge in [-0.3, -0.25) is 0 Å². The van der Waals surface area contributed by atoms with Crippen molar-refractivity contribution < 1.29 is 17.4 Å². The van der Waals surface area contributed by atoms with Gasteiger partial charge in [0.15, 0.2) is 0 Å². The number of aryl methyl sites for hydroxylation is 1. The Labute approximate surface area is 309 Å². The summed E-state index contributed by atoms with van der Waals surface area (Å²) < 4.78 is 6.55. The Morgan fingerprint density at radius 2 is 1.29 bits per heavy atom. The predicted octanol–water partition coefficient (Wildman–Crippen LogP) is 13.2. The molecule has 0 saturated carbocycles. The molecule has 0 amide bonds. The minimum absolute atomic E-state index is 0. The summed E-state index contributed by atoms with van der Waals surface area (Å²) in [6, 6.07) is 37.0. The van der Waals surface area contributed by atoms with Gasteiger partial charge in [0.05, 0.1) is 0 Å². The molecule has 0 radical (unpaired) electrons. The second-order valence-corrected chi connectivity index (χ2v) is 47.4. The van der Waals surface area contributed by atoms with E-state index in [0.717, 1.165) is 0 Å². The maximum Gasteiger partial charge on any atom is -0.147 e. The SMILES string of the molecule is CC1=Cc2c(-c3ccc(C(C)(C)C)cc3)ccc(C)c2[CH]1[Zr]([CH3])([CH3])(=[SiH2])[CH]1C(C(C)C)=Cc2c(-c3ccc4ccccc4c3)cccc21.Cl.Cl. The van der Waals surface area contributed by atoms with Gasteiger partial charge in [-0.1, -0.05) is 0 Å². The van der Waals surface area contributed by atoms with Crippen LogP contribution in [0.2, 0.25) is 9.26 Å². The third-order valence-electron chi connectivity index (χ3n) is 11.4. The van der Waals surface area contributed by atoms with Crippen LogP contribution in [0.25, 0.3) is 45.2 Å². The van der Waals surface area contributed by atoms with Crippen LogP contribution >= 0.6 is 24.8 Å². The maximum absolute atomic E-state index is 3.72. The Balaban J connectivity index is 0.00000234. The molecule has 2 atom stereocenters. The van der Waals surface area contributed by atoms with Crippen LogP contribution in [0.3, 0.4) is 0 Å². The van der Waals surface area contributed by atoms with E-state index in [-0.39, 0.29) is 30.2 Å². The standard InChI is InChI=1S/C22H19.C21H23.2CH3.2ClH.H2Si.Zr/c1-15(2)20-13-18-8-5-9-21(22(18)14-20)19-11-10-16-6-3-4-7-17(16)12-19;1-14-12-19-15(2)6-11-18(20(19)13-14)16-7-9-17(10-8-16)21(3,4)5;;;;;;/h3-15H,1-2H3;6-13H,1-5H3;2*1H3;2*1H;1H2;. The van der Waals surface area contributed by atoms with E-state index < -0.39 is 17.4 Å². The Bertz CT molecular complexity index is 2210. The molecule has 0 aliphatic heterocycles. The fourth-order valence-electron chi connectivity index (χ4n) is 9.20. The number of benzene rings is 5. The molecule has 0 saturated heterocycles. The molecule has 49 heavy (non-hydrogen) atoms. The quantitative estimate of drug-likeness (QED) is 0.156. The van der Waals surface area contributed by atoms with Crippen LogP contribution in [0.4, 0.5) is 0 Å². The molecule has 4 heteroatoms. The smallest absolute Gasteiger partial charge is 0.147 e. The van der Waals surface area contributed by atoms with Crippen LogP contribution in [0.15, 0.2) is 108 Å². The van der Waals surface area contributed by atoms with Crippen molar-refractivity contribution >= 4 is 54.6 Å². The first-order valence-corrected chi connectivity index (χ1v) is 31.2. The van der Waals surface area contributed by atoms with Gasteiger partial charge < -0.3 is 0 Å². The molecule has 7 rings (SSSR count). The van der Waals surface area contributed by atoms with Gasteiger partial charge in [-0.2, -0.15) is 0 Å². The molecule has 0 spiro atoms. The van der Waals surface area contributed by atoms with Crippen molar-refractivity contribution in [3.8, 4) is 22.3 Å². The zero-order valence-electron chi connectivity index (χ0n) is 30.6. The third-order valence-corrected chi connectivity index (χ3v) is 29.0. The van der Waals surface area contributed by atoms with E-state index in [1.165, 1.54) is 55.3 Å². The third kappa shape index (κ3) is 6.35. The van der Waals surface area contributed by atoms with E-state index in [1.807, 2.05) is 0 Å². The Hall–Kier alpha value is -2.48. The molecule has 0 fully saturated rings. The summed E-state index contributed by atoms with van der Waals surface area (Å²) in [6.07, 6.45) is 5.17. The van der Waals surface area contributed by atoms with E-state index in [4.69, 9.17) is 0 Å². The number of hydrogen-bond acceptors (Lipinski definition) is 0. The summed E-state index contributed by atoms with van der Waals surface area (Å²) in [5.74, 6) is 0.494. The van der Waals surface area contributed by atoms with Crippen molar-refractivity contribution in [1.82, 2.24) is 0 Å². The summed E-state index contributed by atoms with van der Waals surface area (Å²) in [5, 5.41) is 2.61. The number of hydrogen-bond donors (Lipinski definition) is 0. The largest absolute Gasteiger partial charge is 0.147 e. The summed E-state index contributed by atoms with van der Waals surface area (Å²) in [5.41, 5.74) is 17.7. The molecule has 0 nitrogen and oxygen atoms in total. The Morgan fingerprint density at radius 1 is 0.653 bits per heavy atom. The van der Waals surface area contributed by atoms with Gasteiger partial charge in [0.1, 0.15) is 0 Å². The summed E-state index contributed by atoms with van der Waals surface area (Å²) in [6.45, 7) is 19.0. The van der Waals surface area contributed by atoms with Crippen LogP contribution in [0, 0.1) is 12.8 Å². The average molecular weight is 783 g/mol. The molecular weight excluding hydrogens is 731 g/mol. The van der Waals surface area contributed by atoms with Crippen molar-refractivity contribution in [2.45, 2.75) is 70.4 Å². The second-order valence-electron chi connectivity index (χ2n) is 16.9. The van der Waals surface area contributed by atoms with Gasteiger partial charge >= 0.3 is 287 Å². The fourth-order valence-corrected chi connectivity index (χ4v) is 29.8. The molecule has 2 aliphatic carbocycles. The molecule has 2 aliphatic rings. The first-order valence-electron chi connectivity index (χ1n) is 17.5. The summed E-state index contributed by atoms with van der Waals surface area (Å²) in [4.78, 5) is 0. The Morgan fingerprint density at radius 3 is 1.94 bits per heavy atom. The molecule has 0 bridgehead atoms.